The Morgan fingerprint density at radius 1 is 0.938 bits per heavy atom. The van der Waals surface area contributed by atoms with Crippen LogP contribution < -0.4 is 9.47 Å². The fourth-order valence-corrected chi connectivity index (χ4v) is 4.91. The predicted molar refractivity (Wildman–Crippen MR) is 129 cm³/mol. The molecular formula is C26H34O5P+. The molecule has 0 amide bonds. The summed E-state index contributed by atoms with van der Waals surface area (Å²) in [6.45, 7) is 15.9. The molecule has 5 nitrogen and oxygen atoms in total. The van der Waals surface area contributed by atoms with Crippen molar-refractivity contribution in [3.8, 4) is 11.5 Å². The Kier molecular flexibility index (Phi) is 8.36. The molecule has 0 radical (unpaired) electrons. The summed E-state index contributed by atoms with van der Waals surface area (Å²) in [4.78, 5) is 26.6. The highest BCUT2D eigenvalue weighted by Crippen LogP contribution is 2.40. The van der Waals surface area contributed by atoms with Gasteiger partial charge in [-0.05, 0) is 68.9 Å². The second kappa shape index (κ2) is 10.4. The molecule has 0 aromatic heterocycles. The van der Waals surface area contributed by atoms with Crippen LogP contribution in [-0.2, 0) is 9.98 Å². The summed E-state index contributed by atoms with van der Waals surface area (Å²) < 4.78 is 24.5. The lowest BCUT2D eigenvalue weighted by molar-refractivity contribution is 0.0975. The fourth-order valence-electron chi connectivity index (χ4n) is 3.64. The van der Waals surface area contributed by atoms with Crippen LogP contribution in [0.1, 0.15) is 78.9 Å². The maximum atomic E-state index is 13.4. The third-order valence-corrected chi connectivity index (χ3v) is 6.94. The summed E-state index contributed by atoms with van der Waals surface area (Å²) >= 11 is 0. The van der Waals surface area contributed by atoms with Crippen molar-refractivity contribution in [2.24, 2.45) is 0 Å². The number of ether oxygens (including phenoxy) is 2. The van der Waals surface area contributed by atoms with Crippen LogP contribution in [0.25, 0.3) is 0 Å². The third kappa shape index (κ3) is 5.45. The Bertz CT molecular complexity index is 986. The molecule has 0 saturated carbocycles. The zero-order valence-electron chi connectivity index (χ0n) is 20.4. The van der Waals surface area contributed by atoms with Gasteiger partial charge in [-0.1, -0.05) is 43.5 Å². The number of rotatable bonds is 9. The maximum absolute atomic E-state index is 13.4. The lowest BCUT2D eigenvalue weighted by atomic mass is 9.84. The van der Waals surface area contributed by atoms with E-state index in [0.717, 1.165) is 16.7 Å². The summed E-state index contributed by atoms with van der Waals surface area (Å²) in [6, 6.07) is 9.04. The van der Waals surface area contributed by atoms with Gasteiger partial charge in [-0.15, -0.1) is 0 Å². The van der Waals surface area contributed by atoms with Gasteiger partial charge in [-0.25, -0.2) is 4.79 Å². The number of benzene rings is 2. The molecule has 2 aromatic carbocycles. The van der Waals surface area contributed by atoms with E-state index in [2.05, 4.69) is 20.8 Å². The lowest BCUT2D eigenvalue weighted by Gasteiger charge is -2.21. The number of ketones is 1. The standard InChI is InChI=1S/C26H34O5P/c1-9-30-20-12-11-13-21(31-10-2)23(20)24(27)18(5)32(29)25(28)22-16(3)14-19(15-17(22)4)26(6,7)8/h11-15,18H,9-10H2,1-8H3/q+1. The van der Waals surface area contributed by atoms with Gasteiger partial charge in [0.15, 0.2) is 0 Å². The van der Waals surface area contributed by atoms with Crippen LogP contribution in [0.3, 0.4) is 0 Å². The smallest absolute Gasteiger partial charge is 0.431 e. The van der Waals surface area contributed by atoms with Gasteiger partial charge in [-0.2, -0.15) is 0 Å². The van der Waals surface area contributed by atoms with Crippen LogP contribution in [0.2, 0.25) is 0 Å². The van der Waals surface area contributed by atoms with E-state index in [-0.39, 0.29) is 11.0 Å². The summed E-state index contributed by atoms with van der Waals surface area (Å²) in [5.41, 5.74) is 1.73. The molecule has 0 aliphatic heterocycles. The number of hydrogen-bond donors (Lipinski definition) is 0. The predicted octanol–water partition coefficient (Wildman–Crippen LogP) is 6.64. The minimum absolute atomic E-state index is 0.0682. The Balaban J connectivity index is 2.44. The Morgan fingerprint density at radius 2 is 1.41 bits per heavy atom. The van der Waals surface area contributed by atoms with Gasteiger partial charge in [-0.3, -0.25) is 4.79 Å². The summed E-state index contributed by atoms with van der Waals surface area (Å²) in [7, 11) is -2.51. The fraction of sp³-hybridized carbons (Fsp3) is 0.462. The van der Waals surface area contributed by atoms with E-state index in [0.29, 0.717) is 30.3 Å². The van der Waals surface area contributed by atoms with Gasteiger partial charge in [0.25, 0.3) is 0 Å². The van der Waals surface area contributed by atoms with Gasteiger partial charge in [0.05, 0.1) is 18.8 Å². The minimum atomic E-state index is -2.51. The lowest BCUT2D eigenvalue weighted by Crippen LogP contribution is -2.19. The first kappa shape index (κ1) is 25.7. The van der Waals surface area contributed by atoms with Crippen molar-refractivity contribution in [1.29, 1.82) is 0 Å². The molecule has 2 atom stereocenters. The molecule has 0 N–H and O–H groups in total. The van der Waals surface area contributed by atoms with Crippen molar-refractivity contribution in [3.05, 3.63) is 58.1 Å². The van der Waals surface area contributed by atoms with Crippen molar-refractivity contribution in [1.82, 2.24) is 0 Å². The monoisotopic (exact) mass is 457 g/mol. The summed E-state index contributed by atoms with van der Waals surface area (Å²) in [6.07, 6.45) is 0. The molecular weight excluding hydrogens is 423 g/mol. The molecule has 0 bridgehead atoms. The van der Waals surface area contributed by atoms with Gasteiger partial charge in [0, 0.05) is 0 Å². The number of aryl methyl sites for hydroxylation is 2. The van der Waals surface area contributed by atoms with Gasteiger partial charge in [0.2, 0.25) is 11.4 Å². The highest BCUT2D eigenvalue weighted by atomic mass is 31.1. The maximum Gasteiger partial charge on any atom is 0.431 e. The minimum Gasteiger partial charge on any atom is -0.493 e. The molecule has 2 unspecified atom stereocenters. The van der Waals surface area contributed by atoms with Crippen LogP contribution in [0.5, 0.6) is 11.5 Å². The van der Waals surface area contributed by atoms with E-state index in [1.165, 1.54) is 6.92 Å². The molecule has 32 heavy (non-hydrogen) atoms. The van der Waals surface area contributed by atoms with Crippen LogP contribution in [0.15, 0.2) is 30.3 Å². The average molecular weight is 458 g/mol. The first-order valence-electron chi connectivity index (χ1n) is 11.0. The molecule has 2 rings (SSSR count). The van der Waals surface area contributed by atoms with Crippen molar-refractivity contribution < 1.29 is 23.6 Å². The zero-order chi connectivity index (χ0) is 24.2. The van der Waals surface area contributed by atoms with E-state index in [1.54, 1.807) is 18.2 Å². The Morgan fingerprint density at radius 3 is 1.81 bits per heavy atom. The average Bonchev–Trinajstić information content (AvgIpc) is 2.71. The van der Waals surface area contributed by atoms with Crippen molar-refractivity contribution in [2.75, 3.05) is 13.2 Å². The van der Waals surface area contributed by atoms with E-state index in [1.807, 2.05) is 39.8 Å². The Labute approximate surface area is 192 Å². The number of carbonyl (C=O) groups excluding carboxylic acids is 2. The molecule has 172 valence electrons. The summed E-state index contributed by atoms with van der Waals surface area (Å²) in [5.74, 6) is 0.314. The quantitative estimate of drug-likeness (QED) is 0.312. The van der Waals surface area contributed by atoms with Crippen LogP contribution in [0, 0.1) is 13.8 Å². The summed E-state index contributed by atoms with van der Waals surface area (Å²) in [5, 5.41) is 0. The topological polar surface area (TPSA) is 69.7 Å². The molecule has 0 spiro atoms. The van der Waals surface area contributed by atoms with E-state index in [4.69, 9.17) is 9.47 Å². The second-order valence-corrected chi connectivity index (χ2v) is 10.7. The van der Waals surface area contributed by atoms with E-state index in [9.17, 15) is 14.2 Å². The first-order valence-corrected chi connectivity index (χ1v) is 12.3. The van der Waals surface area contributed by atoms with Gasteiger partial charge >= 0.3 is 13.3 Å². The number of Topliss-reactive ketones (excluding diaryl/α,β-unsaturated/α-hetero) is 1. The molecule has 0 fully saturated rings. The van der Waals surface area contributed by atoms with Crippen LogP contribution >= 0.6 is 7.80 Å². The van der Waals surface area contributed by atoms with Crippen molar-refractivity contribution >= 4 is 19.1 Å². The van der Waals surface area contributed by atoms with Crippen molar-refractivity contribution in [3.63, 3.8) is 0 Å². The zero-order valence-corrected chi connectivity index (χ0v) is 21.3. The van der Waals surface area contributed by atoms with Crippen molar-refractivity contribution in [2.45, 2.75) is 66.5 Å². The molecule has 0 aliphatic rings. The number of carbonyl (C=O) groups is 2. The van der Waals surface area contributed by atoms with Crippen LogP contribution in [-0.4, -0.2) is 30.2 Å². The molecule has 0 saturated heterocycles. The Hall–Kier alpha value is -2.52. The molecule has 0 aliphatic carbocycles. The SMILES string of the molecule is CCOc1cccc(OCC)c1C(=O)C(C)[P+](=O)C(=O)c1c(C)cc(C(C)(C)C)cc1C. The molecule has 2 aromatic rings. The van der Waals surface area contributed by atoms with Crippen LogP contribution in [0.4, 0.5) is 0 Å². The second-order valence-electron chi connectivity index (χ2n) is 8.90. The van der Waals surface area contributed by atoms with E-state index >= 15 is 0 Å². The molecule has 6 heteroatoms. The largest absolute Gasteiger partial charge is 0.493 e. The normalized spacial score (nSPS) is 12.8. The van der Waals surface area contributed by atoms with Gasteiger partial charge in [0.1, 0.15) is 17.1 Å². The van der Waals surface area contributed by atoms with Gasteiger partial charge < -0.3 is 9.47 Å². The first-order chi connectivity index (χ1) is 14.9. The number of hydrogen-bond acceptors (Lipinski definition) is 5. The third-order valence-electron chi connectivity index (χ3n) is 5.38. The van der Waals surface area contributed by atoms with E-state index < -0.39 is 24.8 Å². The highest BCUT2D eigenvalue weighted by Gasteiger charge is 2.44. The molecule has 0 heterocycles. The highest BCUT2D eigenvalue weighted by molar-refractivity contribution is 7.66.